The van der Waals surface area contributed by atoms with Gasteiger partial charge >= 0.3 is 0 Å². The summed E-state index contributed by atoms with van der Waals surface area (Å²) in [5.41, 5.74) is 6.79. The molecule has 0 saturated carbocycles. The maximum atomic E-state index is 11.8. The molecule has 0 spiro atoms. The van der Waals surface area contributed by atoms with Crippen LogP contribution in [-0.2, 0) is 15.6 Å². The van der Waals surface area contributed by atoms with Gasteiger partial charge in [0.1, 0.15) is 5.75 Å². The summed E-state index contributed by atoms with van der Waals surface area (Å²) in [6.07, 6.45) is 0.945. The fraction of sp³-hybridized carbons (Fsp3) is 0.462. The molecule has 0 aromatic heterocycles. The lowest BCUT2D eigenvalue weighted by atomic mass is 10.2. The van der Waals surface area contributed by atoms with Crippen LogP contribution in [0, 0.1) is 0 Å². The molecule has 3 N–H and O–H groups in total. The van der Waals surface area contributed by atoms with Gasteiger partial charge in [-0.2, -0.15) is 0 Å². The third-order valence-corrected chi connectivity index (χ3v) is 3.98. The molecule has 1 unspecified atom stereocenters. The molecule has 19 heavy (non-hydrogen) atoms. The van der Waals surface area contributed by atoms with E-state index in [0.717, 1.165) is 0 Å². The largest absolute Gasteiger partial charge is 0.495 e. The molecule has 1 aromatic carbocycles. The number of benzene rings is 1. The minimum absolute atomic E-state index is 0.128. The molecule has 1 atom stereocenters. The van der Waals surface area contributed by atoms with Crippen molar-refractivity contribution in [2.45, 2.75) is 19.8 Å². The van der Waals surface area contributed by atoms with Crippen molar-refractivity contribution in [1.82, 2.24) is 0 Å². The Morgan fingerprint density at radius 3 is 2.84 bits per heavy atom. The van der Waals surface area contributed by atoms with Gasteiger partial charge in [0.2, 0.25) is 5.91 Å². The molecule has 0 saturated heterocycles. The summed E-state index contributed by atoms with van der Waals surface area (Å²) < 4.78 is 16.4. The van der Waals surface area contributed by atoms with Gasteiger partial charge in [-0.05, 0) is 24.6 Å². The number of amides is 1. The molecule has 1 rings (SSSR count). The summed E-state index contributed by atoms with van der Waals surface area (Å²) in [4.78, 5) is 11.8. The Bertz CT molecular complexity index is 463. The normalized spacial score (nSPS) is 11.9. The van der Waals surface area contributed by atoms with Gasteiger partial charge in [0.05, 0.1) is 12.8 Å². The second kappa shape index (κ2) is 7.78. The second-order valence-corrected chi connectivity index (χ2v) is 5.91. The Balaban J connectivity index is 2.52. The van der Waals surface area contributed by atoms with Gasteiger partial charge in [-0.1, -0.05) is 6.92 Å². The van der Waals surface area contributed by atoms with E-state index in [1.165, 1.54) is 7.11 Å². The molecule has 5 nitrogen and oxygen atoms in total. The average Bonchev–Trinajstić information content (AvgIpc) is 2.38. The maximum absolute atomic E-state index is 11.8. The molecule has 6 heteroatoms. The van der Waals surface area contributed by atoms with Crippen LogP contribution in [0.2, 0.25) is 0 Å². The van der Waals surface area contributed by atoms with Crippen LogP contribution in [0.25, 0.3) is 0 Å². The first kappa shape index (κ1) is 15.5. The van der Waals surface area contributed by atoms with Gasteiger partial charge in [-0.25, -0.2) is 0 Å². The summed E-state index contributed by atoms with van der Waals surface area (Å²) in [5, 5.41) is 2.75. The molecule has 106 valence electrons. The van der Waals surface area contributed by atoms with E-state index in [2.05, 4.69) is 5.32 Å². The van der Waals surface area contributed by atoms with Crippen molar-refractivity contribution in [3.8, 4) is 5.75 Å². The standard InChI is InChI=1S/C13H20N2O3S/c1-3-19(17)8-4-5-13(16)15-11-9-10(14)6-7-12(11)18-2/h6-7,9H,3-5,8,14H2,1-2H3,(H,15,16). The molecule has 0 aliphatic heterocycles. The van der Waals surface area contributed by atoms with E-state index in [0.29, 0.717) is 41.5 Å². The molecular formula is C13H20N2O3S. The number of anilines is 2. The molecule has 0 bridgehead atoms. The van der Waals surface area contributed by atoms with E-state index in [9.17, 15) is 9.00 Å². The number of carbonyl (C=O) groups excluding carboxylic acids is 1. The smallest absolute Gasteiger partial charge is 0.224 e. The molecule has 0 fully saturated rings. The number of carbonyl (C=O) groups is 1. The highest BCUT2D eigenvalue weighted by molar-refractivity contribution is 7.84. The van der Waals surface area contributed by atoms with Gasteiger partial charge in [-0.3, -0.25) is 9.00 Å². The van der Waals surface area contributed by atoms with Crippen LogP contribution in [0.5, 0.6) is 5.75 Å². The Labute approximate surface area is 116 Å². The fourth-order valence-electron chi connectivity index (χ4n) is 1.57. The quantitative estimate of drug-likeness (QED) is 0.748. The Morgan fingerprint density at radius 2 is 2.21 bits per heavy atom. The van der Waals surface area contributed by atoms with Crippen molar-refractivity contribution in [2.24, 2.45) is 0 Å². The van der Waals surface area contributed by atoms with E-state index < -0.39 is 10.8 Å². The fourth-order valence-corrected chi connectivity index (χ4v) is 2.33. The van der Waals surface area contributed by atoms with E-state index >= 15 is 0 Å². The van der Waals surface area contributed by atoms with Gasteiger partial charge < -0.3 is 15.8 Å². The van der Waals surface area contributed by atoms with E-state index in [4.69, 9.17) is 10.5 Å². The molecule has 0 radical (unpaired) electrons. The third kappa shape index (κ3) is 5.30. The molecule has 0 aliphatic carbocycles. The minimum Gasteiger partial charge on any atom is -0.495 e. The number of ether oxygens (including phenoxy) is 1. The highest BCUT2D eigenvalue weighted by atomic mass is 32.2. The van der Waals surface area contributed by atoms with Crippen molar-refractivity contribution >= 4 is 28.1 Å². The van der Waals surface area contributed by atoms with Crippen molar-refractivity contribution < 1.29 is 13.7 Å². The van der Waals surface area contributed by atoms with Crippen molar-refractivity contribution in [3.63, 3.8) is 0 Å². The van der Waals surface area contributed by atoms with Gasteiger partial charge in [0.15, 0.2) is 0 Å². The van der Waals surface area contributed by atoms with E-state index in [1.54, 1.807) is 18.2 Å². The second-order valence-electron chi connectivity index (χ2n) is 4.04. The summed E-state index contributed by atoms with van der Waals surface area (Å²) in [6.45, 7) is 1.87. The summed E-state index contributed by atoms with van der Waals surface area (Å²) in [6, 6.07) is 5.07. The SMILES string of the molecule is CCS(=O)CCCC(=O)Nc1cc(N)ccc1OC. The zero-order chi connectivity index (χ0) is 14.3. The van der Waals surface area contributed by atoms with Crippen LogP contribution in [-0.4, -0.2) is 28.7 Å². The van der Waals surface area contributed by atoms with Crippen LogP contribution < -0.4 is 15.8 Å². The topological polar surface area (TPSA) is 81.4 Å². The van der Waals surface area contributed by atoms with Crippen LogP contribution in [0.1, 0.15) is 19.8 Å². The predicted molar refractivity (Wildman–Crippen MR) is 78.8 cm³/mol. The lowest BCUT2D eigenvalue weighted by Gasteiger charge is -2.10. The average molecular weight is 284 g/mol. The number of hydrogen-bond donors (Lipinski definition) is 2. The van der Waals surface area contributed by atoms with E-state index in [-0.39, 0.29) is 5.91 Å². The summed E-state index contributed by atoms with van der Waals surface area (Å²) in [7, 11) is 0.709. The highest BCUT2D eigenvalue weighted by Crippen LogP contribution is 2.26. The third-order valence-electron chi connectivity index (χ3n) is 2.60. The summed E-state index contributed by atoms with van der Waals surface area (Å²) in [5.74, 6) is 1.62. The van der Waals surface area contributed by atoms with Gasteiger partial charge in [-0.15, -0.1) is 0 Å². The highest BCUT2D eigenvalue weighted by Gasteiger charge is 2.08. The molecular weight excluding hydrogens is 264 g/mol. The first-order chi connectivity index (χ1) is 9.06. The van der Waals surface area contributed by atoms with E-state index in [1.807, 2.05) is 6.92 Å². The lowest BCUT2D eigenvalue weighted by Crippen LogP contribution is -2.13. The van der Waals surface area contributed by atoms with Crippen molar-refractivity contribution in [1.29, 1.82) is 0 Å². The number of methoxy groups -OCH3 is 1. The zero-order valence-corrected chi connectivity index (χ0v) is 12.1. The number of nitrogen functional groups attached to an aromatic ring is 1. The van der Waals surface area contributed by atoms with Crippen LogP contribution in [0.3, 0.4) is 0 Å². The Morgan fingerprint density at radius 1 is 1.47 bits per heavy atom. The number of hydrogen-bond acceptors (Lipinski definition) is 4. The Hall–Kier alpha value is -1.56. The molecule has 1 amide bonds. The maximum Gasteiger partial charge on any atom is 0.224 e. The molecule has 0 aliphatic rings. The van der Waals surface area contributed by atoms with Crippen molar-refractivity contribution in [2.75, 3.05) is 29.7 Å². The van der Waals surface area contributed by atoms with Crippen LogP contribution in [0.15, 0.2) is 18.2 Å². The lowest BCUT2D eigenvalue weighted by molar-refractivity contribution is -0.116. The van der Waals surface area contributed by atoms with Gasteiger partial charge in [0, 0.05) is 34.4 Å². The minimum atomic E-state index is -0.824. The number of nitrogens with one attached hydrogen (secondary N) is 1. The first-order valence-electron chi connectivity index (χ1n) is 6.15. The number of rotatable bonds is 7. The van der Waals surface area contributed by atoms with Crippen LogP contribution >= 0.6 is 0 Å². The Kier molecular flexibility index (Phi) is 6.35. The molecule has 1 aromatic rings. The zero-order valence-electron chi connectivity index (χ0n) is 11.3. The monoisotopic (exact) mass is 284 g/mol. The van der Waals surface area contributed by atoms with Crippen LogP contribution in [0.4, 0.5) is 11.4 Å². The molecule has 0 heterocycles. The first-order valence-corrected chi connectivity index (χ1v) is 7.64. The predicted octanol–water partition coefficient (Wildman–Crippen LogP) is 1.76. The summed E-state index contributed by atoms with van der Waals surface area (Å²) >= 11 is 0. The van der Waals surface area contributed by atoms with Gasteiger partial charge in [0.25, 0.3) is 0 Å². The number of nitrogens with two attached hydrogens (primary N) is 1. The van der Waals surface area contributed by atoms with Crippen molar-refractivity contribution in [3.05, 3.63) is 18.2 Å².